The number of hydrogen-bond acceptors (Lipinski definition) is 3. The molecule has 1 aliphatic rings. The highest BCUT2D eigenvalue weighted by Gasteiger charge is 2.34. The van der Waals surface area contributed by atoms with E-state index >= 15 is 0 Å². The summed E-state index contributed by atoms with van der Waals surface area (Å²) in [6.07, 6.45) is -2.30. The fourth-order valence-electron chi connectivity index (χ4n) is 2.48. The Bertz CT molecular complexity index is 326. The highest BCUT2D eigenvalue weighted by Crippen LogP contribution is 2.22. The van der Waals surface area contributed by atoms with Crippen LogP contribution in [0.1, 0.15) is 26.2 Å². The summed E-state index contributed by atoms with van der Waals surface area (Å²) in [6, 6.07) is -0.412. The highest BCUT2D eigenvalue weighted by molar-refractivity contribution is 5.74. The Labute approximate surface area is 122 Å². The summed E-state index contributed by atoms with van der Waals surface area (Å²) in [7, 11) is 0. The molecule has 0 radical (unpaired) electrons. The number of carbonyl (C=O) groups excluding carboxylic acids is 1. The number of urea groups is 1. The third-order valence-corrected chi connectivity index (χ3v) is 3.63. The first-order valence-corrected chi connectivity index (χ1v) is 7.28. The van der Waals surface area contributed by atoms with Gasteiger partial charge in [0.25, 0.3) is 0 Å². The molecule has 3 N–H and O–H groups in total. The van der Waals surface area contributed by atoms with Gasteiger partial charge in [0.2, 0.25) is 0 Å². The summed E-state index contributed by atoms with van der Waals surface area (Å²) in [6.45, 7) is 2.17. The van der Waals surface area contributed by atoms with Crippen LogP contribution in [0, 0.1) is 5.92 Å². The van der Waals surface area contributed by atoms with Crippen LogP contribution in [0.2, 0.25) is 0 Å². The van der Waals surface area contributed by atoms with Crippen molar-refractivity contribution in [2.75, 3.05) is 32.8 Å². The van der Waals surface area contributed by atoms with Crippen molar-refractivity contribution in [1.82, 2.24) is 15.5 Å². The van der Waals surface area contributed by atoms with E-state index in [9.17, 15) is 18.0 Å². The lowest BCUT2D eigenvalue weighted by molar-refractivity contribution is -0.143. The zero-order valence-corrected chi connectivity index (χ0v) is 12.2. The van der Waals surface area contributed by atoms with Crippen molar-refractivity contribution in [2.45, 2.75) is 38.4 Å². The Morgan fingerprint density at radius 1 is 1.48 bits per heavy atom. The SMILES string of the molecule is CCC(CCO)NC(=O)NCC1CCN(CC(F)(F)F)C1. The number of hydrogen-bond donors (Lipinski definition) is 3. The quantitative estimate of drug-likeness (QED) is 0.665. The van der Waals surface area contributed by atoms with Gasteiger partial charge in [0.15, 0.2) is 0 Å². The van der Waals surface area contributed by atoms with Gasteiger partial charge in [-0.05, 0) is 31.7 Å². The molecule has 2 amide bonds. The van der Waals surface area contributed by atoms with Gasteiger partial charge in [-0.2, -0.15) is 13.2 Å². The Morgan fingerprint density at radius 2 is 2.19 bits per heavy atom. The summed E-state index contributed by atoms with van der Waals surface area (Å²) in [5.41, 5.74) is 0. The molecule has 8 heteroatoms. The Morgan fingerprint density at radius 3 is 2.76 bits per heavy atom. The van der Waals surface area contributed by atoms with Gasteiger partial charge in [0, 0.05) is 25.7 Å². The monoisotopic (exact) mass is 311 g/mol. The molecule has 2 atom stereocenters. The van der Waals surface area contributed by atoms with Crippen LogP contribution in [-0.4, -0.2) is 61.0 Å². The number of alkyl halides is 3. The molecule has 0 aromatic carbocycles. The van der Waals surface area contributed by atoms with E-state index in [0.717, 1.165) is 6.42 Å². The molecule has 0 spiro atoms. The number of nitrogens with zero attached hydrogens (tertiary/aromatic N) is 1. The molecule has 0 aromatic rings. The van der Waals surface area contributed by atoms with Crippen molar-refractivity contribution in [3.05, 3.63) is 0 Å². The van der Waals surface area contributed by atoms with Crippen LogP contribution in [0.3, 0.4) is 0 Å². The Hall–Kier alpha value is -1.02. The van der Waals surface area contributed by atoms with Crippen molar-refractivity contribution in [1.29, 1.82) is 0 Å². The van der Waals surface area contributed by atoms with E-state index in [1.54, 1.807) is 0 Å². The molecule has 2 unspecified atom stereocenters. The minimum Gasteiger partial charge on any atom is -0.396 e. The van der Waals surface area contributed by atoms with Crippen LogP contribution in [0.5, 0.6) is 0 Å². The number of halogens is 3. The van der Waals surface area contributed by atoms with Crippen LogP contribution in [-0.2, 0) is 0 Å². The van der Waals surface area contributed by atoms with Crippen molar-refractivity contribution in [3.8, 4) is 0 Å². The zero-order chi connectivity index (χ0) is 15.9. The van der Waals surface area contributed by atoms with E-state index in [-0.39, 0.29) is 24.6 Å². The van der Waals surface area contributed by atoms with Gasteiger partial charge in [-0.1, -0.05) is 6.92 Å². The molecule has 0 aliphatic carbocycles. The molecule has 21 heavy (non-hydrogen) atoms. The lowest BCUT2D eigenvalue weighted by Crippen LogP contribution is -2.44. The van der Waals surface area contributed by atoms with Crippen LogP contribution >= 0.6 is 0 Å². The van der Waals surface area contributed by atoms with Gasteiger partial charge in [0.1, 0.15) is 0 Å². The van der Waals surface area contributed by atoms with Gasteiger partial charge < -0.3 is 15.7 Å². The fraction of sp³-hybridized carbons (Fsp3) is 0.923. The smallest absolute Gasteiger partial charge is 0.396 e. The van der Waals surface area contributed by atoms with Crippen LogP contribution in [0.15, 0.2) is 0 Å². The van der Waals surface area contributed by atoms with E-state index in [4.69, 9.17) is 5.11 Å². The maximum atomic E-state index is 12.3. The summed E-state index contributed by atoms with van der Waals surface area (Å²) >= 11 is 0. The lowest BCUT2D eigenvalue weighted by atomic mass is 10.1. The Kier molecular flexibility index (Phi) is 7.24. The van der Waals surface area contributed by atoms with Gasteiger partial charge in [-0.25, -0.2) is 4.79 Å². The number of aliphatic hydroxyl groups excluding tert-OH is 1. The van der Waals surface area contributed by atoms with Crippen LogP contribution in [0.25, 0.3) is 0 Å². The average molecular weight is 311 g/mol. The number of likely N-dealkylation sites (tertiary alicyclic amines) is 1. The molecular formula is C13H24F3N3O2. The summed E-state index contributed by atoms with van der Waals surface area (Å²) < 4.78 is 36.8. The van der Waals surface area contributed by atoms with E-state index < -0.39 is 12.7 Å². The standard InChI is InChI=1S/C13H24F3N3O2/c1-2-11(4-6-20)18-12(21)17-7-10-3-5-19(8-10)9-13(14,15)16/h10-11,20H,2-9H2,1H3,(H2,17,18,21). The van der Waals surface area contributed by atoms with Crippen LogP contribution < -0.4 is 10.6 Å². The summed E-state index contributed by atoms with van der Waals surface area (Å²) in [5.74, 6) is 0.0519. The normalized spacial score (nSPS) is 21.3. The number of carbonyl (C=O) groups is 1. The predicted molar refractivity (Wildman–Crippen MR) is 72.9 cm³/mol. The molecule has 1 aliphatic heterocycles. The number of aliphatic hydroxyl groups is 1. The Balaban J connectivity index is 2.22. The van der Waals surface area contributed by atoms with E-state index in [1.165, 1.54) is 4.90 Å². The molecule has 1 heterocycles. The second-order valence-electron chi connectivity index (χ2n) is 5.48. The fourth-order valence-corrected chi connectivity index (χ4v) is 2.48. The first-order valence-electron chi connectivity index (χ1n) is 7.28. The zero-order valence-electron chi connectivity index (χ0n) is 12.2. The van der Waals surface area contributed by atoms with Gasteiger partial charge in [0.05, 0.1) is 6.54 Å². The summed E-state index contributed by atoms with van der Waals surface area (Å²) in [4.78, 5) is 13.0. The highest BCUT2D eigenvalue weighted by atomic mass is 19.4. The summed E-state index contributed by atoms with van der Waals surface area (Å²) in [5, 5.41) is 14.3. The third kappa shape index (κ3) is 7.52. The molecule has 1 rings (SSSR count). The first-order chi connectivity index (χ1) is 9.84. The predicted octanol–water partition coefficient (Wildman–Crippen LogP) is 1.33. The lowest BCUT2D eigenvalue weighted by Gasteiger charge is -2.19. The first kappa shape index (κ1) is 18.0. The minimum absolute atomic E-state index is 0.00775. The van der Waals surface area contributed by atoms with Gasteiger partial charge in [-0.3, -0.25) is 4.90 Å². The molecule has 1 fully saturated rings. The van der Waals surface area contributed by atoms with Crippen molar-refractivity contribution in [2.24, 2.45) is 5.92 Å². The van der Waals surface area contributed by atoms with E-state index in [0.29, 0.717) is 32.5 Å². The van der Waals surface area contributed by atoms with Gasteiger partial charge in [-0.15, -0.1) is 0 Å². The molecule has 0 aromatic heterocycles. The molecule has 1 saturated heterocycles. The average Bonchev–Trinajstić information content (AvgIpc) is 2.81. The maximum absolute atomic E-state index is 12.3. The molecule has 0 bridgehead atoms. The number of amides is 2. The number of rotatable bonds is 7. The van der Waals surface area contributed by atoms with Crippen molar-refractivity contribution < 1.29 is 23.1 Å². The van der Waals surface area contributed by atoms with Gasteiger partial charge >= 0.3 is 12.2 Å². The number of nitrogens with one attached hydrogen (secondary N) is 2. The third-order valence-electron chi connectivity index (χ3n) is 3.63. The van der Waals surface area contributed by atoms with E-state index in [1.807, 2.05) is 6.92 Å². The van der Waals surface area contributed by atoms with Crippen molar-refractivity contribution >= 4 is 6.03 Å². The molecular weight excluding hydrogens is 287 g/mol. The molecule has 124 valence electrons. The maximum Gasteiger partial charge on any atom is 0.401 e. The second kappa shape index (κ2) is 8.43. The topological polar surface area (TPSA) is 64.6 Å². The van der Waals surface area contributed by atoms with Crippen LogP contribution in [0.4, 0.5) is 18.0 Å². The molecule has 5 nitrogen and oxygen atoms in total. The largest absolute Gasteiger partial charge is 0.401 e. The van der Waals surface area contributed by atoms with E-state index in [2.05, 4.69) is 10.6 Å². The molecule has 0 saturated carbocycles. The minimum atomic E-state index is -4.17. The second-order valence-corrected chi connectivity index (χ2v) is 5.48. The van der Waals surface area contributed by atoms with Crippen molar-refractivity contribution in [3.63, 3.8) is 0 Å².